The number of aryl methyl sites for hydroxylation is 2. The highest BCUT2D eigenvalue weighted by atomic mass is 16.5. The lowest BCUT2D eigenvalue weighted by atomic mass is 9.92. The maximum Gasteiger partial charge on any atom is 0.169 e. The zero-order valence-electron chi connectivity index (χ0n) is 9.95. The molecule has 0 fully saturated rings. The van der Waals surface area contributed by atoms with Crippen molar-refractivity contribution in [3.63, 3.8) is 0 Å². The summed E-state index contributed by atoms with van der Waals surface area (Å²) < 4.78 is 5.59. The fourth-order valence-corrected chi connectivity index (χ4v) is 2.07. The van der Waals surface area contributed by atoms with Crippen molar-refractivity contribution in [1.82, 2.24) is 0 Å². The van der Waals surface area contributed by atoms with Crippen LogP contribution in [0, 0.1) is 0 Å². The van der Waals surface area contributed by atoms with Gasteiger partial charge in [0.05, 0.1) is 0 Å². The quantitative estimate of drug-likeness (QED) is 0.779. The van der Waals surface area contributed by atoms with Crippen LogP contribution in [0.1, 0.15) is 37.8 Å². The zero-order valence-corrected chi connectivity index (χ0v) is 9.95. The van der Waals surface area contributed by atoms with Crippen molar-refractivity contribution in [2.24, 2.45) is 0 Å². The summed E-state index contributed by atoms with van der Waals surface area (Å²) >= 11 is 0. The second-order valence-corrected chi connectivity index (χ2v) is 4.51. The van der Waals surface area contributed by atoms with Gasteiger partial charge in [-0.05, 0) is 62.8 Å². The molecule has 1 aromatic rings. The van der Waals surface area contributed by atoms with Crippen molar-refractivity contribution in [3.8, 4) is 5.75 Å². The van der Waals surface area contributed by atoms with E-state index >= 15 is 0 Å². The van der Waals surface area contributed by atoms with Crippen molar-refractivity contribution in [3.05, 3.63) is 29.3 Å². The van der Waals surface area contributed by atoms with E-state index in [1.807, 2.05) is 6.07 Å². The van der Waals surface area contributed by atoms with Gasteiger partial charge in [-0.15, -0.1) is 0 Å². The summed E-state index contributed by atoms with van der Waals surface area (Å²) in [6, 6.07) is 6.20. The van der Waals surface area contributed by atoms with E-state index in [0.717, 1.165) is 12.2 Å². The molecule has 1 aromatic carbocycles. The average Bonchev–Trinajstić information content (AvgIpc) is 2.28. The Hall–Kier alpha value is -1.31. The third kappa shape index (κ3) is 2.43. The molecule has 86 valence electrons. The first-order chi connectivity index (χ1) is 7.66. The van der Waals surface area contributed by atoms with Gasteiger partial charge in [0, 0.05) is 0 Å². The Kier molecular flexibility index (Phi) is 3.28. The second-order valence-electron chi connectivity index (χ2n) is 4.51. The van der Waals surface area contributed by atoms with Crippen LogP contribution >= 0.6 is 0 Å². The molecule has 1 atom stereocenters. The third-order valence-corrected chi connectivity index (χ3v) is 3.21. The first kappa shape index (κ1) is 11.2. The van der Waals surface area contributed by atoms with Crippen LogP contribution in [0.5, 0.6) is 5.75 Å². The number of benzene rings is 1. The summed E-state index contributed by atoms with van der Waals surface area (Å²) in [4.78, 5) is 11.1. The van der Waals surface area contributed by atoms with Gasteiger partial charge in [0.1, 0.15) is 5.75 Å². The highest BCUT2D eigenvalue weighted by Gasteiger charge is 2.12. The Bertz CT molecular complexity index is 396. The fraction of sp³-hybridized carbons (Fsp3) is 0.500. The number of carbonyl (C=O) groups is 1. The van der Waals surface area contributed by atoms with Gasteiger partial charge in [0.15, 0.2) is 11.9 Å². The van der Waals surface area contributed by atoms with Crippen molar-refractivity contribution >= 4 is 5.78 Å². The van der Waals surface area contributed by atoms with Gasteiger partial charge in [-0.25, -0.2) is 0 Å². The van der Waals surface area contributed by atoms with E-state index in [2.05, 4.69) is 12.1 Å². The number of ketones is 1. The molecule has 16 heavy (non-hydrogen) atoms. The van der Waals surface area contributed by atoms with E-state index in [0.29, 0.717) is 0 Å². The Morgan fingerprint density at radius 3 is 2.62 bits per heavy atom. The van der Waals surface area contributed by atoms with Crippen LogP contribution in [0.2, 0.25) is 0 Å². The number of ether oxygens (including phenoxy) is 1. The lowest BCUT2D eigenvalue weighted by Crippen LogP contribution is -2.20. The molecule has 0 N–H and O–H groups in total. The molecule has 2 heteroatoms. The minimum atomic E-state index is -0.346. The van der Waals surface area contributed by atoms with Gasteiger partial charge in [-0.2, -0.15) is 0 Å². The van der Waals surface area contributed by atoms with Crippen molar-refractivity contribution in [1.29, 1.82) is 0 Å². The summed E-state index contributed by atoms with van der Waals surface area (Å²) in [7, 11) is 0. The van der Waals surface area contributed by atoms with E-state index in [1.165, 1.54) is 30.4 Å². The number of hydrogen-bond donors (Lipinski definition) is 0. The average molecular weight is 218 g/mol. The van der Waals surface area contributed by atoms with Gasteiger partial charge in [-0.1, -0.05) is 6.07 Å². The molecule has 0 saturated carbocycles. The predicted molar refractivity (Wildman–Crippen MR) is 63.9 cm³/mol. The van der Waals surface area contributed by atoms with Crippen molar-refractivity contribution < 1.29 is 9.53 Å². The molecule has 2 nitrogen and oxygen atoms in total. The molecule has 0 saturated heterocycles. The maximum atomic E-state index is 11.1. The molecule has 0 aliphatic heterocycles. The van der Waals surface area contributed by atoms with Crippen LogP contribution < -0.4 is 4.74 Å². The molecule has 0 heterocycles. The van der Waals surface area contributed by atoms with Crippen molar-refractivity contribution in [2.45, 2.75) is 45.6 Å². The molecular weight excluding hydrogens is 200 g/mol. The monoisotopic (exact) mass is 218 g/mol. The molecule has 0 radical (unpaired) electrons. The molecule has 0 bridgehead atoms. The third-order valence-electron chi connectivity index (χ3n) is 3.21. The molecule has 0 aromatic heterocycles. The van der Waals surface area contributed by atoms with E-state index < -0.39 is 0 Å². The van der Waals surface area contributed by atoms with Gasteiger partial charge in [-0.3, -0.25) is 4.79 Å². The molecule has 2 rings (SSSR count). The highest BCUT2D eigenvalue weighted by molar-refractivity contribution is 5.80. The Balaban J connectivity index is 2.14. The second kappa shape index (κ2) is 4.69. The topological polar surface area (TPSA) is 26.3 Å². The molecule has 1 unspecified atom stereocenters. The predicted octanol–water partition coefficient (Wildman–Crippen LogP) is 2.92. The summed E-state index contributed by atoms with van der Waals surface area (Å²) in [6.07, 6.45) is 4.52. The number of Topliss-reactive ketones (excluding diaryl/α,β-unsaturated/α-hetero) is 1. The number of hydrogen-bond acceptors (Lipinski definition) is 2. The lowest BCUT2D eigenvalue weighted by molar-refractivity contribution is -0.122. The number of rotatable bonds is 3. The van der Waals surface area contributed by atoms with E-state index in [9.17, 15) is 4.79 Å². The SMILES string of the molecule is CC(=O)C(C)Oc1ccc2c(c1)CCCC2. The minimum Gasteiger partial charge on any atom is -0.483 e. The summed E-state index contributed by atoms with van der Waals surface area (Å²) in [5, 5.41) is 0. The van der Waals surface area contributed by atoms with Crippen molar-refractivity contribution in [2.75, 3.05) is 0 Å². The highest BCUT2D eigenvalue weighted by Crippen LogP contribution is 2.25. The normalized spacial score (nSPS) is 16.4. The molecule has 1 aliphatic rings. The van der Waals surface area contributed by atoms with Crippen LogP contribution in [0.15, 0.2) is 18.2 Å². The van der Waals surface area contributed by atoms with Gasteiger partial charge < -0.3 is 4.74 Å². The molecular formula is C14H18O2. The van der Waals surface area contributed by atoms with Crippen LogP contribution in [0.3, 0.4) is 0 Å². The van der Waals surface area contributed by atoms with Crippen LogP contribution in [0.4, 0.5) is 0 Å². The summed E-state index contributed by atoms with van der Waals surface area (Å²) in [5.41, 5.74) is 2.83. The van der Waals surface area contributed by atoms with E-state index in [1.54, 1.807) is 13.8 Å². The van der Waals surface area contributed by atoms with Crippen LogP contribution in [-0.4, -0.2) is 11.9 Å². The summed E-state index contributed by atoms with van der Waals surface area (Å²) in [6.45, 7) is 3.35. The molecule has 0 amide bonds. The van der Waals surface area contributed by atoms with Gasteiger partial charge in [0.2, 0.25) is 0 Å². The maximum absolute atomic E-state index is 11.1. The zero-order chi connectivity index (χ0) is 11.5. The number of fused-ring (bicyclic) bond motifs is 1. The Morgan fingerprint density at radius 1 is 1.25 bits per heavy atom. The smallest absolute Gasteiger partial charge is 0.169 e. The van der Waals surface area contributed by atoms with Gasteiger partial charge in [0.25, 0.3) is 0 Å². The number of carbonyl (C=O) groups excluding carboxylic acids is 1. The Morgan fingerprint density at radius 2 is 1.94 bits per heavy atom. The minimum absolute atomic E-state index is 0.0673. The van der Waals surface area contributed by atoms with Gasteiger partial charge >= 0.3 is 0 Å². The van der Waals surface area contributed by atoms with Crippen LogP contribution in [0.25, 0.3) is 0 Å². The lowest BCUT2D eigenvalue weighted by Gasteiger charge is -2.18. The summed E-state index contributed by atoms with van der Waals surface area (Å²) in [5.74, 6) is 0.890. The first-order valence-electron chi connectivity index (χ1n) is 5.96. The fourth-order valence-electron chi connectivity index (χ4n) is 2.07. The molecule has 0 spiro atoms. The molecule has 1 aliphatic carbocycles. The standard InChI is InChI=1S/C14H18O2/c1-10(15)11(2)16-14-8-7-12-5-3-4-6-13(12)9-14/h7-9,11H,3-6H2,1-2H3. The van der Waals surface area contributed by atoms with Crippen LogP contribution in [-0.2, 0) is 17.6 Å². The first-order valence-corrected chi connectivity index (χ1v) is 5.96. The largest absolute Gasteiger partial charge is 0.483 e. The Labute approximate surface area is 96.6 Å². The van der Waals surface area contributed by atoms with E-state index in [-0.39, 0.29) is 11.9 Å². The van der Waals surface area contributed by atoms with E-state index in [4.69, 9.17) is 4.74 Å².